The van der Waals surface area contributed by atoms with Gasteiger partial charge in [-0.25, -0.2) is 4.98 Å². The molecule has 25 heavy (non-hydrogen) atoms. The summed E-state index contributed by atoms with van der Waals surface area (Å²) in [7, 11) is -4.41. The molecular weight excluding hydrogens is 344 g/mol. The van der Waals surface area contributed by atoms with E-state index in [-0.39, 0.29) is 11.3 Å². The van der Waals surface area contributed by atoms with Crippen LogP contribution in [0.25, 0.3) is 10.9 Å². The van der Waals surface area contributed by atoms with Crippen molar-refractivity contribution in [3.05, 3.63) is 69.9 Å². The highest BCUT2D eigenvalue weighted by molar-refractivity contribution is 7.87. The molecule has 1 aromatic heterocycles. The van der Waals surface area contributed by atoms with E-state index in [9.17, 15) is 18.5 Å². The van der Waals surface area contributed by atoms with Gasteiger partial charge in [0.05, 0.1) is 4.92 Å². The highest BCUT2D eigenvalue weighted by Gasteiger charge is 2.30. The first kappa shape index (κ1) is 16.8. The van der Waals surface area contributed by atoms with E-state index in [0.29, 0.717) is 16.6 Å². The topological polar surface area (TPSA) is 99.4 Å². The van der Waals surface area contributed by atoms with E-state index in [1.54, 1.807) is 31.2 Å². The molecular formula is C17H14N2O5S. The van der Waals surface area contributed by atoms with Crippen molar-refractivity contribution in [3.8, 4) is 5.75 Å². The van der Waals surface area contributed by atoms with Crippen molar-refractivity contribution < 1.29 is 17.5 Å². The van der Waals surface area contributed by atoms with Gasteiger partial charge in [0.2, 0.25) is 0 Å². The van der Waals surface area contributed by atoms with Gasteiger partial charge < -0.3 is 4.18 Å². The maximum Gasteiger partial charge on any atom is 0.346 e. The quantitative estimate of drug-likeness (QED) is 0.402. The van der Waals surface area contributed by atoms with Crippen molar-refractivity contribution in [2.45, 2.75) is 18.7 Å². The van der Waals surface area contributed by atoms with Crippen LogP contribution in [0.15, 0.2) is 53.4 Å². The summed E-state index contributed by atoms with van der Waals surface area (Å²) < 4.78 is 30.7. The van der Waals surface area contributed by atoms with E-state index in [4.69, 9.17) is 4.18 Å². The first-order chi connectivity index (χ1) is 11.8. The molecule has 0 atom stereocenters. The Balaban J connectivity index is 2.16. The molecule has 0 unspecified atom stereocenters. The number of nitrogens with zero attached hydrogens (tertiary/aromatic N) is 2. The average Bonchev–Trinajstić information content (AvgIpc) is 2.54. The summed E-state index contributed by atoms with van der Waals surface area (Å²) in [4.78, 5) is 14.3. The number of nitro groups is 1. The summed E-state index contributed by atoms with van der Waals surface area (Å²) in [5.41, 5.74) is 0.785. The number of aryl methyl sites for hydroxylation is 2. The normalized spacial score (nSPS) is 11.4. The molecule has 1 heterocycles. The van der Waals surface area contributed by atoms with E-state index >= 15 is 0 Å². The molecule has 0 radical (unpaired) electrons. The van der Waals surface area contributed by atoms with Crippen LogP contribution in [0, 0.1) is 24.0 Å². The third-order valence-corrected chi connectivity index (χ3v) is 5.09. The minimum absolute atomic E-state index is 0.0266. The summed E-state index contributed by atoms with van der Waals surface area (Å²) in [6.07, 6.45) is 0. The van der Waals surface area contributed by atoms with Crippen LogP contribution in [0.2, 0.25) is 0 Å². The smallest absolute Gasteiger partial charge is 0.346 e. The number of hydrogen-bond donors (Lipinski definition) is 0. The summed E-state index contributed by atoms with van der Waals surface area (Å²) in [6.45, 7) is 3.26. The SMILES string of the molecule is Cc1ccc2cccc(OS(=O)(=O)c3c(C)cccc3[N+](=O)[O-])c2n1. The molecule has 0 amide bonds. The zero-order valence-electron chi connectivity index (χ0n) is 13.5. The summed E-state index contributed by atoms with van der Waals surface area (Å²) in [6, 6.07) is 12.5. The molecule has 0 fully saturated rings. The fourth-order valence-corrected chi connectivity index (χ4v) is 3.87. The standard InChI is InChI=1S/C17H14N2O5S/c1-11-5-3-7-14(19(20)21)17(11)25(22,23)24-15-8-4-6-13-10-9-12(2)18-16(13)15/h3-10H,1-2H3. The van der Waals surface area contributed by atoms with Crippen LogP contribution in [-0.2, 0) is 10.1 Å². The molecule has 0 aliphatic heterocycles. The van der Waals surface area contributed by atoms with Crippen molar-refractivity contribution in [2.75, 3.05) is 0 Å². The number of rotatable bonds is 4. The maximum atomic E-state index is 12.7. The number of fused-ring (bicyclic) bond motifs is 1. The lowest BCUT2D eigenvalue weighted by atomic mass is 10.2. The Morgan fingerprint density at radius 2 is 1.76 bits per heavy atom. The minimum Gasteiger partial charge on any atom is -0.376 e. The Kier molecular flexibility index (Phi) is 4.13. The Bertz CT molecular complexity index is 1090. The van der Waals surface area contributed by atoms with Gasteiger partial charge in [-0.3, -0.25) is 10.1 Å². The van der Waals surface area contributed by atoms with Gasteiger partial charge in [-0.2, -0.15) is 8.42 Å². The van der Waals surface area contributed by atoms with Gasteiger partial charge in [0.15, 0.2) is 10.6 Å². The number of nitro benzene ring substituents is 1. The van der Waals surface area contributed by atoms with Gasteiger partial charge in [-0.1, -0.05) is 30.3 Å². The van der Waals surface area contributed by atoms with Gasteiger partial charge in [0, 0.05) is 17.1 Å². The predicted molar refractivity (Wildman–Crippen MR) is 92.1 cm³/mol. The highest BCUT2D eigenvalue weighted by atomic mass is 32.2. The van der Waals surface area contributed by atoms with E-state index in [1.807, 2.05) is 0 Å². The molecule has 0 N–H and O–H groups in total. The van der Waals surface area contributed by atoms with Crippen LogP contribution < -0.4 is 4.18 Å². The largest absolute Gasteiger partial charge is 0.376 e. The van der Waals surface area contributed by atoms with E-state index in [0.717, 1.165) is 6.07 Å². The average molecular weight is 358 g/mol. The van der Waals surface area contributed by atoms with Gasteiger partial charge in [-0.15, -0.1) is 0 Å². The molecule has 7 nitrogen and oxygen atoms in total. The maximum absolute atomic E-state index is 12.7. The third kappa shape index (κ3) is 3.16. The van der Waals surface area contributed by atoms with E-state index in [2.05, 4.69) is 4.98 Å². The van der Waals surface area contributed by atoms with Gasteiger partial charge >= 0.3 is 10.1 Å². The van der Waals surface area contributed by atoms with Crippen molar-refractivity contribution in [3.63, 3.8) is 0 Å². The van der Waals surface area contributed by atoms with Crippen molar-refractivity contribution in [1.82, 2.24) is 4.98 Å². The molecule has 0 aliphatic rings. The van der Waals surface area contributed by atoms with Gasteiger partial charge in [0.25, 0.3) is 5.69 Å². The second kappa shape index (κ2) is 6.14. The number of para-hydroxylation sites is 1. The summed E-state index contributed by atoms with van der Waals surface area (Å²) >= 11 is 0. The lowest BCUT2D eigenvalue weighted by Crippen LogP contribution is -2.14. The van der Waals surface area contributed by atoms with E-state index in [1.165, 1.54) is 25.1 Å². The molecule has 0 saturated carbocycles. The summed E-state index contributed by atoms with van der Waals surface area (Å²) in [5.74, 6) is 0.0266. The van der Waals surface area contributed by atoms with Crippen LogP contribution in [0.5, 0.6) is 5.75 Å². The molecule has 0 bridgehead atoms. The fourth-order valence-electron chi connectivity index (χ4n) is 2.55. The van der Waals surface area contributed by atoms with Crippen LogP contribution in [0.4, 0.5) is 5.69 Å². The highest BCUT2D eigenvalue weighted by Crippen LogP contribution is 2.32. The molecule has 3 aromatic rings. The third-order valence-electron chi connectivity index (χ3n) is 3.66. The minimum atomic E-state index is -4.41. The molecule has 0 spiro atoms. The molecule has 2 aromatic carbocycles. The lowest BCUT2D eigenvalue weighted by molar-refractivity contribution is -0.388. The second-order valence-corrected chi connectivity index (χ2v) is 6.98. The monoisotopic (exact) mass is 358 g/mol. The zero-order chi connectivity index (χ0) is 18.2. The molecule has 3 rings (SSSR count). The van der Waals surface area contributed by atoms with Crippen molar-refractivity contribution >= 4 is 26.7 Å². The number of pyridine rings is 1. The van der Waals surface area contributed by atoms with Gasteiger partial charge in [-0.05, 0) is 31.5 Å². The molecule has 0 saturated heterocycles. The predicted octanol–water partition coefficient (Wildman–Crippen LogP) is 3.53. The Morgan fingerprint density at radius 1 is 1.04 bits per heavy atom. The molecule has 0 aliphatic carbocycles. The number of benzene rings is 2. The second-order valence-electron chi connectivity index (χ2n) is 5.50. The van der Waals surface area contributed by atoms with Gasteiger partial charge in [0.1, 0.15) is 5.52 Å². The Hall–Kier alpha value is -3.00. The van der Waals surface area contributed by atoms with Crippen LogP contribution in [0.1, 0.15) is 11.3 Å². The summed E-state index contributed by atoms with van der Waals surface area (Å²) in [5, 5.41) is 11.9. The van der Waals surface area contributed by atoms with Crippen LogP contribution >= 0.6 is 0 Å². The first-order valence-electron chi connectivity index (χ1n) is 7.34. The molecule has 128 valence electrons. The fraction of sp³-hybridized carbons (Fsp3) is 0.118. The van der Waals surface area contributed by atoms with Crippen molar-refractivity contribution in [1.29, 1.82) is 0 Å². The number of aromatic nitrogens is 1. The Labute approximate surface area is 144 Å². The number of hydrogen-bond acceptors (Lipinski definition) is 6. The molecule has 8 heteroatoms. The van der Waals surface area contributed by atoms with Crippen molar-refractivity contribution in [2.24, 2.45) is 0 Å². The first-order valence-corrected chi connectivity index (χ1v) is 8.75. The van der Waals surface area contributed by atoms with E-state index < -0.39 is 25.6 Å². The lowest BCUT2D eigenvalue weighted by Gasteiger charge is -2.11. The van der Waals surface area contributed by atoms with Crippen LogP contribution in [0.3, 0.4) is 0 Å². The zero-order valence-corrected chi connectivity index (χ0v) is 14.3. The van der Waals surface area contributed by atoms with Crippen LogP contribution in [-0.4, -0.2) is 18.3 Å². The Morgan fingerprint density at radius 3 is 2.48 bits per heavy atom.